The summed E-state index contributed by atoms with van der Waals surface area (Å²) in [6.07, 6.45) is 4.92. The molecule has 2 fully saturated rings. The van der Waals surface area contributed by atoms with Crippen molar-refractivity contribution < 1.29 is 14.6 Å². The number of piperidine rings is 1. The first-order chi connectivity index (χ1) is 11.7. The van der Waals surface area contributed by atoms with Gasteiger partial charge in [0.25, 0.3) is 0 Å². The molecule has 1 N–H and O–H groups in total. The van der Waals surface area contributed by atoms with Crippen LogP contribution in [0.1, 0.15) is 37.7 Å². The molecule has 2 heterocycles. The van der Waals surface area contributed by atoms with Crippen molar-refractivity contribution in [3.05, 3.63) is 35.9 Å². The number of amides is 1. The van der Waals surface area contributed by atoms with Gasteiger partial charge in [-0.3, -0.25) is 4.79 Å². The molecule has 0 aromatic heterocycles. The SMILES string of the molecule is O=C(CC1CCOCC1)N1CCC([C@H](O)Cc2ccccc2)CC1. The zero-order chi connectivity index (χ0) is 16.8. The standard InChI is InChI=1S/C20H29NO3/c22-19(14-16-4-2-1-3-5-16)18-6-10-21(11-7-18)20(23)15-17-8-12-24-13-9-17/h1-5,17-19,22H,6-15H2/t19-/m1/s1. The Morgan fingerprint density at radius 2 is 1.79 bits per heavy atom. The fourth-order valence-corrected chi connectivity index (χ4v) is 3.88. The van der Waals surface area contributed by atoms with Gasteiger partial charge in [0, 0.05) is 32.7 Å². The molecule has 0 bridgehead atoms. The van der Waals surface area contributed by atoms with Crippen LogP contribution in [0.4, 0.5) is 0 Å². The summed E-state index contributed by atoms with van der Waals surface area (Å²) in [5, 5.41) is 10.5. The average molecular weight is 331 g/mol. The van der Waals surface area contributed by atoms with E-state index in [0.717, 1.165) is 52.0 Å². The molecule has 1 atom stereocenters. The van der Waals surface area contributed by atoms with E-state index in [4.69, 9.17) is 4.74 Å². The van der Waals surface area contributed by atoms with Crippen molar-refractivity contribution in [2.24, 2.45) is 11.8 Å². The number of hydrogen-bond acceptors (Lipinski definition) is 3. The lowest BCUT2D eigenvalue weighted by molar-refractivity contribution is -0.134. The fourth-order valence-electron chi connectivity index (χ4n) is 3.88. The van der Waals surface area contributed by atoms with Crippen molar-refractivity contribution in [1.82, 2.24) is 4.90 Å². The maximum atomic E-state index is 12.5. The van der Waals surface area contributed by atoms with E-state index in [9.17, 15) is 9.90 Å². The topological polar surface area (TPSA) is 49.8 Å². The predicted molar refractivity (Wildman–Crippen MR) is 93.6 cm³/mol. The highest BCUT2D eigenvalue weighted by Crippen LogP contribution is 2.25. The van der Waals surface area contributed by atoms with Crippen molar-refractivity contribution >= 4 is 5.91 Å². The summed E-state index contributed by atoms with van der Waals surface area (Å²) >= 11 is 0. The molecule has 3 rings (SSSR count). The third kappa shape index (κ3) is 4.81. The smallest absolute Gasteiger partial charge is 0.222 e. The van der Waals surface area contributed by atoms with Crippen LogP contribution < -0.4 is 0 Å². The minimum Gasteiger partial charge on any atom is -0.392 e. The number of hydrogen-bond donors (Lipinski definition) is 1. The maximum absolute atomic E-state index is 12.5. The number of likely N-dealkylation sites (tertiary alicyclic amines) is 1. The van der Waals surface area contributed by atoms with Crippen molar-refractivity contribution in [2.45, 2.75) is 44.6 Å². The summed E-state index contributed by atoms with van der Waals surface area (Å²) in [5.74, 6) is 1.09. The molecule has 4 nitrogen and oxygen atoms in total. The van der Waals surface area contributed by atoms with E-state index >= 15 is 0 Å². The van der Waals surface area contributed by atoms with Crippen LogP contribution in [-0.2, 0) is 16.0 Å². The third-order valence-corrected chi connectivity index (χ3v) is 5.53. The van der Waals surface area contributed by atoms with Gasteiger partial charge in [0.15, 0.2) is 0 Å². The molecule has 0 spiro atoms. The first kappa shape index (κ1) is 17.4. The van der Waals surface area contributed by atoms with Crippen LogP contribution in [0.3, 0.4) is 0 Å². The van der Waals surface area contributed by atoms with Gasteiger partial charge in [-0.25, -0.2) is 0 Å². The lowest BCUT2D eigenvalue weighted by Gasteiger charge is -2.35. The summed E-state index contributed by atoms with van der Waals surface area (Å²) in [5.41, 5.74) is 1.18. The normalized spacial score (nSPS) is 21.6. The largest absolute Gasteiger partial charge is 0.392 e. The zero-order valence-electron chi connectivity index (χ0n) is 14.4. The minimum atomic E-state index is -0.305. The van der Waals surface area contributed by atoms with Crippen molar-refractivity contribution in [3.8, 4) is 0 Å². The van der Waals surface area contributed by atoms with E-state index in [-0.39, 0.29) is 12.0 Å². The van der Waals surface area contributed by atoms with Crippen LogP contribution >= 0.6 is 0 Å². The number of carbonyl (C=O) groups excluding carboxylic acids is 1. The fraction of sp³-hybridized carbons (Fsp3) is 0.650. The highest BCUT2D eigenvalue weighted by molar-refractivity contribution is 5.76. The molecule has 24 heavy (non-hydrogen) atoms. The van der Waals surface area contributed by atoms with Gasteiger partial charge in [-0.05, 0) is 49.5 Å². The number of aliphatic hydroxyl groups is 1. The van der Waals surface area contributed by atoms with Gasteiger partial charge in [-0.15, -0.1) is 0 Å². The number of ether oxygens (including phenoxy) is 1. The number of aliphatic hydroxyl groups excluding tert-OH is 1. The monoisotopic (exact) mass is 331 g/mol. The Kier molecular flexibility index (Phi) is 6.27. The molecular weight excluding hydrogens is 302 g/mol. The number of rotatable bonds is 5. The highest BCUT2D eigenvalue weighted by Gasteiger charge is 2.28. The predicted octanol–water partition coefficient (Wildman–Crippen LogP) is 2.65. The minimum absolute atomic E-state index is 0.290. The van der Waals surface area contributed by atoms with Crippen LogP contribution in [0.25, 0.3) is 0 Å². The molecule has 1 aromatic carbocycles. The van der Waals surface area contributed by atoms with E-state index in [2.05, 4.69) is 12.1 Å². The maximum Gasteiger partial charge on any atom is 0.222 e. The van der Waals surface area contributed by atoms with E-state index in [1.54, 1.807) is 0 Å². The summed E-state index contributed by atoms with van der Waals surface area (Å²) in [6, 6.07) is 10.2. The lowest BCUT2D eigenvalue weighted by atomic mass is 9.87. The zero-order valence-corrected chi connectivity index (χ0v) is 14.4. The molecule has 0 unspecified atom stereocenters. The Hall–Kier alpha value is -1.39. The van der Waals surface area contributed by atoms with Gasteiger partial charge >= 0.3 is 0 Å². The second-order valence-electron chi connectivity index (χ2n) is 7.24. The molecule has 2 aliphatic rings. The number of benzene rings is 1. The summed E-state index contributed by atoms with van der Waals surface area (Å²) in [6.45, 7) is 3.18. The van der Waals surface area contributed by atoms with Crippen LogP contribution in [0.5, 0.6) is 0 Å². The second-order valence-corrected chi connectivity index (χ2v) is 7.24. The first-order valence-electron chi connectivity index (χ1n) is 9.30. The number of carbonyl (C=O) groups is 1. The number of nitrogens with zero attached hydrogens (tertiary/aromatic N) is 1. The van der Waals surface area contributed by atoms with Crippen LogP contribution in [0.2, 0.25) is 0 Å². The third-order valence-electron chi connectivity index (χ3n) is 5.53. The van der Waals surface area contributed by atoms with Crippen molar-refractivity contribution in [2.75, 3.05) is 26.3 Å². The molecule has 0 aliphatic carbocycles. The summed E-state index contributed by atoms with van der Waals surface area (Å²) in [4.78, 5) is 14.5. The first-order valence-corrected chi connectivity index (χ1v) is 9.30. The van der Waals surface area contributed by atoms with Crippen LogP contribution in [0, 0.1) is 11.8 Å². The Morgan fingerprint density at radius 1 is 1.12 bits per heavy atom. The van der Waals surface area contributed by atoms with Crippen molar-refractivity contribution in [3.63, 3.8) is 0 Å². The van der Waals surface area contributed by atoms with Gasteiger partial charge < -0.3 is 14.7 Å². The Labute approximate surface area is 144 Å². The second kappa shape index (κ2) is 8.63. The van der Waals surface area contributed by atoms with E-state index in [1.807, 2.05) is 23.1 Å². The van der Waals surface area contributed by atoms with Gasteiger partial charge in [0.1, 0.15) is 0 Å². The highest BCUT2D eigenvalue weighted by atomic mass is 16.5. The molecule has 0 radical (unpaired) electrons. The van der Waals surface area contributed by atoms with Gasteiger partial charge in [-0.2, -0.15) is 0 Å². The molecule has 132 valence electrons. The molecule has 1 aromatic rings. The Balaban J connectivity index is 1.42. The quantitative estimate of drug-likeness (QED) is 0.902. The molecule has 0 saturated carbocycles. The van der Waals surface area contributed by atoms with Gasteiger partial charge in [0.05, 0.1) is 6.10 Å². The van der Waals surface area contributed by atoms with Gasteiger partial charge in [-0.1, -0.05) is 30.3 Å². The molecule has 4 heteroatoms. The Bertz CT molecular complexity index is 505. The Morgan fingerprint density at radius 3 is 2.46 bits per heavy atom. The lowest BCUT2D eigenvalue weighted by Crippen LogP contribution is -2.42. The van der Waals surface area contributed by atoms with E-state index in [0.29, 0.717) is 24.7 Å². The van der Waals surface area contributed by atoms with Crippen LogP contribution in [0.15, 0.2) is 30.3 Å². The molecule has 2 aliphatic heterocycles. The molecule has 2 saturated heterocycles. The summed E-state index contributed by atoms with van der Waals surface area (Å²) in [7, 11) is 0. The summed E-state index contributed by atoms with van der Waals surface area (Å²) < 4.78 is 5.36. The van der Waals surface area contributed by atoms with Gasteiger partial charge in [0.2, 0.25) is 5.91 Å². The van der Waals surface area contributed by atoms with E-state index in [1.165, 1.54) is 5.56 Å². The molecular formula is C20H29NO3. The van der Waals surface area contributed by atoms with Crippen LogP contribution in [-0.4, -0.2) is 48.3 Å². The average Bonchev–Trinajstić information content (AvgIpc) is 2.63. The van der Waals surface area contributed by atoms with E-state index < -0.39 is 0 Å². The molecule has 1 amide bonds. The van der Waals surface area contributed by atoms with Crippen molar-refractivity contribution in [1.29, 1.82) is 0 Å².